The monoisotopic (exact) mass is 299 g/mol. The Morgan fingerprint density at radius 1 is 1.29 bits per heavy atom. The first-order chi connectivity index (χ1) is 7.96. The van der Waals surface area contributed by atoms with Gasteiger partial charge in [-0.2, -0.15) is 0 Å². The van der Waals surface area contributed by atoms with Crippen LogP contribution in [0.25, 0.3) is 0 Å². The van der Waals surface area contributed by atoms with Crippen molar-refractivity contribution in [1.82, 2.24) is 9.97 Å². The molecule has 0 saturated carbocycles. The minimum absolute atomic E-state index is 0.294. The second-order valence-corrected chi connectivity index (χ2v) is 5.93. The van der Waals surface area contributed by atoms with Crippen molar-refractivity contribution in [2.24, 2.45) is 5.41 Å². The van der Waals surface area contributed by atoms with Crippen molar-refractivity contribution in [3.8, 4) is 0 Å². The van der Waals surface area contributed by atoms with E-state index in [-0.39, 0.29) is 0 Å². The lowest BCUT2D eigenvalue weighted by Gasteiger charge is -2.23. The zero-order valence-electron chi connectivity index (χ0n) is 11.2. The van der Waals surface area contributed by atoms with E-state index in [1.165, 1.54) is 0 Å². The number of nitrogens with zero attached hydrogens (tertiary/aromatic N) is 2. The maximum absolute atomic E-state index is 4.51. The van der Waals surface area contributed by atoms with Gasteiger partial charge in [0, 0.05) is 19.0 Å². The van der Waals surface area contributed by atoms with Gasteiger partial charge < -0.3 is 5.32 Å². The van der Waals surface area contributed by atoms with E-state index in [4.69, 9.17) is 0 Å². The zero-order valence-corrected chi connectivity index (χ0v) is 12.8. The molecule has 1 N–H and O–H groups in total. The molecule has 4 heteroatoms. The van der Waals surface area contributed by atoms with Crippen molar-refractivity contribution in [1.29, 1.82) is 0 Å². The van der Waals surface area contributed by atoms with Gasteiger partial charge in [-0.25, -0.2) is 9.97 Å². The molecule has 0 atom stereocenters. The lowest BCUT2D eigenvalue weighted by molar-refractivity contribution is 0.376. The van der Waals surface area contributed by atoms with Gasteiger partial charge in [-0.15, -0.1) is 0 Å². The maximum Gasteiger partial charge on any atom is 0.132 e. The van der Waals surface area contributed by atoms with Crippen LogP contribution in [0.2, 0.25) is 0 Å². The summed E-state index contributed by atoms with van der Waals surface area (Å²) in [7, 11) is 0. The highest BCUT2D eigenvalue weighted by Crippen LogP contribution is 2.21. The molecule has 1 heterocycles. The SMILES string of the molecule is CCCc1nc(Br)cc(NCC(C)(C)CC)n1. The van der Waals surface area contributed by atoms with Crippen molar-refractivity contribution in [3.63, 3.8) is 0 Å². The number of aryl methyl sites for hydroxylation is 1. The fourth-order valence-electron chi connectivity index (χ4n) is 1.35. The third-order valence-corrected chi connectivity index (χ3v) is 3.33. The molecule has 0 aliphatic rings. The Kier molecular flexibility index (Phi) is 5.37. The van der Waals surface area contributed by atoms with Crippen molar-refractivity contribution in [2.75, 3.05) is 11.9 Å². The summed E-state index contributed by atoms with van der Waals surface area (Å²) in [6.07, 6.45) is 3.13. The number of halogens is 1. The van der Waals surface area contributed by atoms with Crippen molar-refractivity contribution >= 4 is 21.7 Å². The minimum atomic E-state index is 0.294. The first kappa shape index (κ1) is 14.4. The lowest BCUT2D eigenvalue weighted by Crippen LogP contribution is -2.22. The molecule has 0 aromatic carbocycles. The second kappa shape index (κ2) is 6.34. The van der Waals surface area contributed by atoms with E-state index in [0.29, 0.717) is 5.41 Å². The Morgan fingerprint density at radius 2 is 2.00 bits per heavy atom. The molecule has 0 bridgehead atoms. The molecule has 1 aromatic rings. The molecular formula is C13H22BrN3. The summed E-state index contributed by atoms with van der Waals surface area (Å²) in [6.45, 7) is 9.78. The van der Waals surface area contributed by atoms with Crippen LogP contribution in [0.1, 0.15) is 46.4 Å². The van der Waals surface area contributed by atoms with E-state index in [1.807, 2.05) is 6.07 Å². The fraction of sp³-hybridized carbons (Fsp3) is 0.692. The highest BCUT2D eigenvalue weighted by Gasteiger charge is 2.15. The summed E-state index contributed by atoms with van der Waals surface area (Å²) in [5, 5.41) is 3.39. The normalized spacial score (nSPS) is 11.6. The van der Waals surface area contributed by atoms with E-state index in [1.54, 1.807) is 0 Å². The third kappa shape index (κ3) is 5.02. The van der Waals surface area contributed by atoms with Crippen LogP contribution in [0, 0.1) is 5.41 Å². The Balaban J connectivity index is 2.70. The molecule has 3 nitrogen and oxygen atoms in total. The van der Waals surface area contributed by atoms with E-state index >= 15 is 0 Å². The summed E-state index contributed by atoms with van der Waals surface area (Å²) >= 11 is 3.43. The van der Waals surface area contributed by atoms with Crippen LogP contribution in [0.15, 0.2) is 10.7 Å². The van der Waals surface area contributed by atoms with Crippen molar-refractivity contribution in [3.05, 3.63) is 16.5 Å². The summed E-state index contributed by atoms with van der Waals surface area (Å²) in [5.41, 5.74) is 0.294. The molecule has 1 rings (SSSR count). The van der Waals surface area contributed by atoms with Crippen LogP contribution >= 0.6 is 15.9 Å². The fourth-order valence-corrected chi connectivity index (χ4v) is 1.77. The van der Waals surface area contributed by atoms with Crippen LogP contribution in [0.3, 0.4) is 0 Å². The van der Waals surface area contributed by atoms with Crippen molar-refractivity contribution in [2.45, 2.75) is 47.0 Å². The third-order valence-electron chi connectivity index (χ3n) is 2.92. The highest BCUT2D eigenvalue weighted by molar-refractivity contribution is 9.10. The molecule has 0 aliphatic heterocycles. The summed E-state index contributed by atoms with van der Waals surface area (Å²) in [4.78, 5) is 8.86. The van der Waals surface area contributed by atoms with Crippen molar-refractivity contribution < 1.29 is 0 Å². The molecule has 0 amide bonds. The quantitative estimate of drug-likeness (QED) is 0.806. The largest absolute Gasteiger partial charge is 0.369 e. The molecule has 0 saturated heterocycles. The van der Waals surface area contributed by atoms with E-state index in [9.17, 15) is 0 Å². The van der Waals surface area contributed by atoms with E-state index in [2.05, 4.69) is 58.9 Å². The van der Waals surface area contributed by atoms with Gasteiger partial charge in [-0.1, -0.05) is 27.7 Å². The van der Waals surface area contributed by atoms with Crippen LogP contribution in [-0.4, -0.2) is 16.5 Å². The topological polar surface area (TPSA) is 37.8 Å². The average Bonchev–Trinajstić information content (AvgIpc) is 2.26. The zero-order chi connectivity index (χ0) is 12.9. The van der Waals surface area contributed by atoms with Gasteiger partial charge >= 0.3 is 0 Å². The van der Waals surface area contributed by atoms with Gasteiger partial charge in [0.2, 0.25) is 0 Å². The molecule has 0 spiro atoms. The molecule has 0 radical (unpaired) electrons. The number of aromatic nitrogens is 2. The number of anilines is 1. The number of hydrogen-bond donors (Lipinski definition) is 1. The van der Waals surface area contributed by atoms with Crippen LogP contribution in [0.5, 0.6) is 0 Å². The average molecular weight is 300 g/mol. The predicted molar refractivity (Wildman–Crippen MR) is 76.3 cm³/mol. The predicted octanol–water partition coefficient (Wildman–Crippen LogP) is 4.04. The van der Waals surface area contributed by atoms with E-state index in [0.717, 1.165) is 42.1 Å². The van der Waals surface area contributed by atoms with Gasteiger partial charge in [0.25, 0.3) is 0 Å². The molecule has 0 unspecified atom stereocenters. The summed E-state index contributed by atoms with van der Waals surface area (Å²) < 4.78 is 0.854. The van der Waals surface area contributed by atoms with Gasteiger partial charge in [0.05, 0.1) is 0 Å². The molecular weight excluding hydrogens is 278 g/mol. The molecule has 96 valence electrons. The second-order valence-electron chi connectivity index (χ2n) is 5.11. The Hall–Kier alpha value is -0.640. The van der Waals surface area contributed by atoms with Crippen LogP contribution in [-0.2, 0) is 6.42 Å². The number of hydrogen-bond acceptors (Lipinski definition) is 3. The Bertz CT molecular complexity index is 364. The van der Waals surface area contributed by atoms with Crippen LogP contribution in [0.4, 0.5) is 5.82 Å². The molecule has 0 aliphatic carbocycles. The molecule has 0 fully saturated rings. The van der Waals surface area contributed by atoms with Crippen LogP contribution < -0.4 is 5.32 Å². The molecule has 1 aromatic heterocycles. The van der Waals surface area contributed by atoms with Gasteiger partial charge in [-0.05, 0) is 34.2 Å². The smallest absolute Gasteiger partial charge is 0.132 e. The lowest BCUT2D eigenvalue weighted by atomic mass is 9.90. The Labute approximate surface area is 113 Å². The van der Waals surface area contributed by atoms with Gasteiger partial charge in [0.15, 0.2) is 0 Å². The number of nitrogens with one attached hydrogen (secondary N) is 1. The first-order valence-electron chi connectivity index (χ1n) is 6.24. The summed E-state index contributed by atoms with van der Waals surface area (Å²) in [6, 6.07) is 1.94. The summed E-state index contributed by atoms with van der Waals surface area (Å²) in [5.74, 6) is 1.82. The molecule has 17 heavy (non-hydrogen) atoms. The maximum atomic E-state index is 4.51. The standard InChI is InChI=1S/C13H22BrN3/c1-5-7-11-16-10(14)8-12(17-11)15-9-13(3,4)6-2/h8H,5-7,9H2,1-4H3,(H,15,16,17). The van der Waals surface area contributed by atoms with Gasteiger partial charge in [-0.3, -0.25) is 0 Å². The van der Waals surface area contributed by atoms with E-state index < -0.39 is 0 Å². The number of rotatable bonds is 6. The van der Waals surface area contributed by atoms with Gasteiger partial charge in [0.1, 0.15) is 16.2 Å². The minimum Gasteiger partial charge on any atom is -0.369 e. The Morgan fingerprint density at radius 3 is 2.59 bits per heavy atom. The first-order valence-corrected chi connectivity index (χ1v) is 7.03. The highest BCUT2D eigenvalue weighted by atomic mass is 79.9.